The standard InChI is InChI=1S/C15H12N2OS/c18-16-11-8-9-17-12-5-1-2-6-13(12)19-14-7-3-4-10(11)15(14)17/h1-7,18H,8-9H2/b16-11+. The number of hydrogen-bond donors (Lipinski definition) is 1. The normalized spacial score (nSPS) is 18.1. The van der Waals surface area contributed by atoms with Crippen LogP contribution in [0, 0.1) is 0 Å². The number of nitrogens with zero attached hydrogens (tertiary/aromatic N) is 2. The lowest BCUT2D eigenvalue weighted by atomic mass is 9.98. The van der Waals surface area contributed by atoms with Gasteiger partial charge in [-0.1, -0.05) is 41.2 Å². The minimum atomic E-state index is 0.770. The zero-order chi connectivity index (χ0) is 12.8. The largest absolute Gasteiger partial charge is 0.411 e. The molecule has 0 amide bonds. The lowest BCUT2D eigenvalue weighted by molar-refractivity contribution is 0.318. The molecular weight excluding hydrogens is 256 g/mol. The molecule has 0 spiro atoms. The Labute approximate surface area is 115 Å². The Balaban J connectivity index is 1.99. The maximum atomic E-state index is 9.16. The van der Waals surface area contributed by atoms with Crippen molar-refractivity contribution >= 4 is 28.8 Å². The Morgan fingerprint density at radius 1 is 1.05 bits per heavy atom. The predicted octanol–water partition coefficient (Wildman–Crippen LogP) is 3.87. The molecule has 94 valence electrons. The van der Waals surface area contributed by atoms with Gasteiger partial charge in [-0.25, -0.2) is 0 Å². The molecule has 2 aromatic rings. The van der Waals surface area contributed by atoms with Crippen molar-refractivity contribution in [2.24, 2.45) is 5.16 Å². The van der Waals surface area contributed by atoms with E-state index >= 15 is 0 Å². The number of rotatable bonds is 0. The second-order valence-corrected chi connectivity index (χ2v) is 5.75. The van der Waals surface area contributed by atoms with E-state index in [4.69, 9.17) is 5.21 Å². The Bertz CT molecular complexity index is 696. The third-order valence-corrected chi connectivity index (χ3v) is 4.76. The van der Waals surface area contributed by atoms with E-state index in [-0.39, 0.29) is 0 Å². The molecule has 0 aliphatic carbocycles. The summed E-state index contributed by atoms with van der Waals surface area (Å²) in [5, 5.41) is 12.6. The lowest BCUT2D eigenvalue weighted by Gasteiger charge is -2.37. The molecule has 3 nitrogen and oxygen atoms in total. The molecule has 2 aliphatic rings. The Hall–Kier alpha value is -1.94. The van der Waals surface area contributed by atoms with Crippen LogP contribution in [-0.2, 0) is 0 Å². The fraction of sp³-hybridized carbons (Fsp3) is 0.133. The van der Waals surface area contributed by atoms with Gasteiger partial charge in [-0.3, -0.25) is 0 Å². The maximum absolute atomic E-state index is 9.16. The van der Waals surface area contributed by atoms with E-state index in [1.165, 1.54) is 21.2 Å². The van der Waals surface area contributed by atoms with Crippen LogP contribution in [0.5, 0.6) is 0 Å². The monoisotopic (exact) mass is 268 g/mol. The number of para-hydroxylation sites is 2. The van der Waals surface area contributed by atoms with E-state index in [1.807, 2.05) is 12.1 Å². The first-order valence-electron chi connectivity index (χ1n) is 6.27. The summed E-state index contributed by atoms with van der Waals surface area (Å²) in [7, 11) is 0. The quantitative estimate of drug-likeness (QED) is 0.582. The highest BCUT2D eigenvalue weighted by molar-refractivity contribution is 7.99. The number of anilines is 2. The first-order valence-corrected chi connectivity index (χ1v) is 7.09. The molecule has 0 bridgehead atoms. The molecule has 1 N–H and O–H groups in total. The number of oxime groups is 1. The van der Waals surface area contributed by atoms with Crippen LogP contribution in [0.1, 0.15) is 12.0 Å². The van der Waals surface area contributed by atoms with Crippen LogP contribution in [0.25, 0.3) is 0 Å². The van der Waals surface area contributed by atoms with E-state index < -0.39 is 0 Å². The zero-order valence-corrected chi connectivity index (χ0v) is 11.0. The predicted molar refractivity (Wildman–Crippen MR) is 77.0 cm³/mol. The highest BCUT2D eigenvalue weighted by Gasteiger charge is 2.30. The van der Waals surface area contributed by atoms with E-state index in [0.717, 1.165) is 24.2 Å². The summed E-state index contributed by atoms with van der Waals surface area (Å²) in [5.41, 5.74) is 4.27. The summed E-state index contributed by atoms with van der Waals surface area (Å²) in [4.78, 5) is 4.86. The summed E-state index contributed by atoms with van der Waals surface area (Å²) < 4.78 is 0. The van der Waals surface area contributed by atoms with Crippen molar-refractivity contribution in [3.05, 3.63) is 48.0 Å². The van der Waals surface area contributed by atoms with Gasteiger partial charge >= 0.3 is 0 Å². The first-order chi connectivity index (χ1) is 9.38. The van der Waals surface area contributed by atoms with Crippen LogP contribution in [0.4, 0.5) is 11.4 Å². The molecule has 0 radical (unpaired) electrons. The Morgan fingerprint density at radius 3 is 2.79 bits per heavy atom. The molecule has 0 aromatic heterocycles. The summed E-state index contributed by atoms with van der Waals surface area (Å²) in [6, 6.07) is 14.7. The lowest BCUT2D eigenvalue weighted by Crippen LogP contribution is -2.30. The summed E-state index contributed by atoms with van der Waals surface area (Å²) in [6.45, 7) is 0.862. The molecule has 4 heteroatoms. The van der Waals surface area contributed by atoms with Crippen molar-refractivity contribution in [3.8, 4) is 0 Å². The first kappa shape index (κ1) is 10.9. The van der Waals surface area contributed by atoms with Gasteiger partial charge in [0.2, 0.25) is 0 Å². The van der Waals surface area contributed by atoms with Crippen LogP contribution < -0.4 is 4.90 Å². The smallest absolute Gasteiger partial charge is 0.0906 e. The third-order valence-electron chi connectivity index (χ3n) is 3.65. The second-order valence-electron chi connectivity index (χ2n) is 4.67. The van der Waals surface area contributed by atoms with Gasteiger partial charge in [0.15, 0.2) is 0 Å². The average molecular weight is 268 g/mol. The van der Waals surface area contributed by atoms with Gasteiger partial charge in [-0.05, 0) is 18.2 Å². The Kier molecular flexibility index (Phi) is 2.32. The van der Waals surface area contributed by atoms with Crippen molar-refractivity contribution in [2.45, 2.75) is 16.2 Å². The molecule has 2 aliphatic heterocycles. The van der Waals surface area contributed by atoms with Gasteiger partial charge in [-0.15, -0.1) is 0 Å². The molecule has 19 heavy (non-hydrogen) atoms. The fourth-order valence-corrected chi connectivity index (χ4v) is 3.94. The number of benzene rings is 2. The van der Waals surface area contributed by atoms with Gasteiger partial charge in [0.25, 0.3) is 0 Å². The van der Waals surface area contributed by atoms with Crippen LogP contribution in [-0.4, -0.2) is 17.5 Å². The minimum absolute atomic E-state index is 0.770. The van der Waals surface area contributed by atoms with Crippen molar-refractivity contribution in [2.75, 3.05) is 11.4 Å². The van der Waals surface area contributed by atoms with E-state index in [1.54, 1.807) is 11.8 Å². The third kappa shape index (κ3) is 1.50. The molecule has 0 saturated carbocycles. The highest BCUT2D eigenvalue weighted by Crippen LogP contribution is 2.50. The van der Waals surface area contributed by atoms with Gasteiger partial charge in [0.05, 0.1) is 17.1 Å². The topological polar surface area (TPSA) is 35.8 Å². The van der Waals surface area contributed by atoms with Gasteiger partial charge in [0.1, 0.15) is 0 Å². The minimum Gasteiger partial charge on any atom is -0.411 e. The van der Waals surface area contributed by atoms with Gasteiger partial charge in [0, 0.05) is 28.3 Å². The molecule has 2 heterocycles. The van der Waals surface area contributed by atoms with Gasteiger partial charge in [-0.2, -0.15) is 0 Å². The van der Waals surface area contributed by atoms with Crippen molar-refractivity contribution in [1.29, 1.82) is 0 Å². The van der Waals surface area contributed by atoms with Crippen molar-refractivity contribution in [1.82, 2.24) is 0 Å². The molecule has 0 unspecified atom stereocenters. The Morgan fingerprint density at radius 2 is 1.89 bits per heavy atom. The highest BCUT2D eigenvalue weighted by atomic mass is 32.2. The van der Waals surface area contributed by atoms with Crippen molar-refractivity contribution in [3.63, 3.8) is 0 Å². The average Bonchev–Trinajstić information content (AvgIpc) is 2.48. The fourth-order valence-electron chi connectivity index (χ4n) is 2.81. The maximum Gasteiger partial charge on any atom is 0.0906 e. The van der Waals surface area contributed by atoms with Crippen LogP contribution >= 0.6 is 11.8 Å². The molecular formula is C15H12N2OS. The van der Waals surface area contributed by atoms with Crippen molar-refractivity contribution < 1.29 is 5.21 Å². The van der Waals surface area contributed by atoms with Crippen LogP contribution in [0.2, 0.25) is 0 Å². The second kappa shape index (κ2) is 4.03. The molecule has 2 aromatic carbocycles. The van der Waals surface area contributed by atoms with E-state index in [9.17, 15) is 0 Å². The molecule has 0 fully saturated rings. The van der Waals surface area contributed by atoms with E-state index in [0.29, 0.717) is 0 Å². The molecule has 4 rings (SSSR count). The summed E-state index contributed by atoms with van der Waals surface area (Å²) in [6.07, 6.45) is 0.770. The van der Waals surface area contributed by atoms with E-state index in [2.05, 4.69) is 40.4 Å². The van der Waals surface area contributed by atoms with Crippen LogP contribution in [0.15, 0.2) is 57.4 Å². The van der Waals surface area contributed by atoms with Crippen LogP contribution in [0.3, 0.4) is 0 Å². The summed E-state index contributed by atoms with van der Waals surface area (Å²) >= 11 is 1.78. The molecule has 0 saturated heterocycles. The zero-order valence-electron chi connectivity index (χ0n) is 10.2. The number of hydrogen-bond acceptors (Lipinski definition) is 4. The SMILES string of the molecule is O/N=C1\CCN2c3ccccc3Sc3cccc1c32. The summed E-state index contributed by atoms with van der Waals surface area (Å²) in [5.74, 6) is 0. The van der Waals surface area contributed by atoms with Gasteiger partial charge < -0.3 is 10.1 Å². The number of fused-ring (bicyclic) bond motifs is 2. The molecule has 0 atom stereocenters.